The Kier molecular flexibility index (Phi) is 5.65. The van der Waals surface area contributed by atoms with Crippen LogP contribution in [-0.4, -0.2) is 42.7 Å². The van der Waals surface area contributed by atoms with Crippen molar-refractivity contribution in [2.45, 2.75) is 25.8 Å². The van der Waals surface area contributed by atoms with Crippen molar-refractivity contribution in [2.24, 2.45) is 0 Å². The maximum absolute atomic E-state index is 10.8. The first-order valence-electron chi connectivity index (χ1n) is 6.10. The largest absolute Gasteiger partial charge is 0.497 e. The maximum Gasteiger partial charge on any atom is 0.320 e. The summed E-state index contributed by atoms with van der Waals surface area (Å²) in [6.07, 6.45) is 1.86. The van der Waals surface area contributed by atoms with E-state index in [1.54, 1.807) is 14.0 Å². The van der Waals surface area contributed by atoms with Gasteiger partial charge < -0.3 is 9.84 Å². The molecule has 1 rings (SSSR count). The highest BCUT2D eigenvalue weighted by Gasteiger charge is 2.15. The lowest BCUT2D eigenvalue weighted by Crippen LogP contribution is -2.36. The molecule has 1 aromatic rings. The van der Waals surface area contributed by atoms with Crippen molar-refractivity contribution >= 4 is 5.97 Å². The quantitative estimate of drug-likeness (QED) is 0.805. The van der Waals surface area contributed by atoms with E-state index in [-0.39, 0.29) is 0 Å². The molecule has 0 aromatic heterocycles. The summed E-state index contributed by atoms with van der Waals surface area (Å²) in [5, 5.41) is 8.88. The van der Waals surface area contributed by atoms with Gasteiger partial charge in [0.15, 0.2) is 0 Å². The minimum absolute atomic E-state index is 0.435. The summed E-state index contributed by atoms with van der Waals surface area (Å²) in [7, 11) is 3.49. The van der Waals surface area contributed by atoms with Crippen molar-refractivity contribution in [2.75, 3.05) is 20.7 Å². The minimum Gasteiger partial charge on any atom is -0.497 e. The number of benzene rings is 1. The van der Waals surface area contributed by atoms with Gasteiger partial charge >= 0.3 is 5.97 Å². The summed E-state index contributed by atoms with van der Waals surface area (Å²) in [4.78, 5) is 12.6. The third-order valence-corrected chi connectivity index (χ3v) is 3.13. The van der Waals surface area contributed by atoms with Crippen molar-refractivity contribution < 1.29 is 14.6 Å². The highest BCUT2D eigenvalue weighted by Crippen LogP contribution is 2.14. The molecule has 0 radical (unpaired) electrons. The fourth-order valence-electron chi connectivity index (χ4n) is 1.74. The van der Waals surface area contributed by atoms with E-state index in [0.717, 1.165) is 25.1 Å². The first-order chi connectivity index (χ1) is 8.54. The lowest BCUT2D eigenvalue weighted by atomic mass is 10.1. The van der Waals surface area contributed by atoms with Gasteiger partial charge in [-0.05, 0) is 51.1 Å². The Hall–Kier alpha value is -1.55. The van der Waals surface area contributed by atoms with Crippen LogP contribution >= 0.6 is 0 Å². The third-order valence-electron chi connectivity index (χ3n) is 3.13. The van der Waals surface area contributed by atoms with Crippen LogP contribution in [0.15, 0.2) is 24.3 Å². The predicted molar refractivity (Wildman–Crippen MR) is 71.0 cm³/mol. The van der Waals surface area contributed by atoms with E-state index >= 15 is 0 Å². The second-order valence-corrected chi connectivity index (χ2v) is 4.45. The first kappa shape index (κ1) is 14.5. The number of methoxy groups -OCH3 is 1. The van der Waals surface area contributed by atoms with Gasteiger partial charge in [0.05, 0.1) is 7.11 Å². The molecule has 0 saturated carbocycles. The molecule has 1 atom stereocenters. The maximum atomic E-state index is 10.8. The second kappa shape index (κ2) is 7.01. The van der Waals surface area contributed by atoms with Crippen LogP contribution in [0.25, 0.3) is 0 Å². The van der Waals surface area contributed by atoms with Crippen LogP contribution in [-0.2, 0) is 11.2 Å². The van der Waals surface area contributed by atoms with Gasteiger partial charge in [0.2, 0.25) is 0 Å². The Morgan fingerprint density at radius 1 is 1.50 bits per heavy atom. The number of aliphatic carboxylic acids is 1. The molecular formula is C14H21NO3. The Labute approximate surface area is 108 Å². The van der Waals surface area contributed by atoms with E-state index < -0.39 is 12.0 Å². The zero-order valence-corrected chi connectivity index (χ0v) is 11.2. The summed E-state index contributed by atoms with van der Waals surface area (Å²) in [5.41, 5.74) is 1.21. The van der Waals surface area contributed by atoms with Crippen molar-refractivity contribution in [3.8, 4) is 5.75 Å². The molecule has 0 spiro atoms. The highest BCUT2D eigenvalue weighted by atomic mass is 16.5. The van der Waals surface area contributed by atoms with Gasteiger partial charge in [-0.1, -0.05) is 12.1 Å². The van der Waals surface area contributed by atoms with Crippen molar-refractivity contribution in [1.82, 2.24) is 4.90 Å². The van der Waals surface area contributed by atoms with Crippen molar-refractivity contribution in [1.29, 1.82) is 0 Å². The molecular weight excluding hydrogens is 230 g/mol. The number of carboxylic acid groups (broad SMARTS) is 1. The Morgan fingerprint density at radius 2 is 2.22 bits per heavy atom. The lowest BCUT2D eigenvalue weighted by Gasteiger charge is -2.20. The average Bonchev–Trinajstić information content (AvgIpc) is 2.37. The van der Waals surface area contributed by atoms with Gasteiger partial charge in [-0.2, -0.15) is 0 Å². The molecule has 0 aliphatic carbocycles. The summed E-state index contributed by atoms with van der Waals surface area (Å²) in [6.45, 7) is 2.47. The highest BCUT2D eigenvalue weighted by molar-refractivity contribution is 5.72. The molecule has 1 aromatic carbocycles. The van der Waals surface area contributed by atoms with Crippen LogP contribution in [0.1, 0.15) is 18.9 Å². The number of rotatable bonds is 7. The van der Waals surface area contributed by atoms with Crippen LogP contribution in [0.2, 0.25) is 0 Å². The van der Waals surface area contributed by atoms with Crippen molar-refractivity contribution in [3.63, 3.8) is 0 Å². The van der Waals surface area contributed by atoms with Crippen LogP contribution in [0.4, 0.5) is 0 Å². The fraction of sp³-hybridized carbons (Fsp3) is 0.500. The molecule has 1 N–H and O–H groups in total. The van der Waals surface area contributed by atoms with Gasteiger partial charge in [-0.15, -0.1) is 0 Å². The molecule has 0 aliphatic heterocycles. The predicted octanol–water partition coefficient (Wildman–Crippen LogP) is 2.03. The number of nitrogens with zero attached hydrogens (tertiary/aromatic N) is 1. The zero-order valence-electron chi connectivity index (χ0n) is 11.2. The minimum atomic E-state index is -0.779. The number of ether oxygens (including phenoxy) is 1. The molecule has 18 heavy (non-hydrogen) atoms. The van der Waals surface area contributed by atoms with E-state index in [1.165, 1.54) is 5.56 Å². The number of aryl methyl sites for hydroxylation is 1. The molecule has 4 nitrogen and oxygen atoms in total. The Morgan fingerprint density at radius 3 is 2.83 bits per heavy atom. The molecule has 0 fully saturated rings. The summed E-state index contributed by atoms with van der Waals surface area (Å²) < 4.78 is 5.16. The van der Waals surface area contributed by atoms with E-state index in [9.17, 15) is 4.79 Å². The summed E-state index contributed by atoms with van der Waals surface area (Å²) in [5.74, 6) is 0.0821. The van der Waals surface area contributed by atoms with Gasteiger partial charge in [0.1, 0.15) is 11.8 Å². The van der Waals surface area contributed by atoms with E-state index in [0.29, 0.717) is 0 Å². The molecule has 0 bridgehead atoms. The molecule has 0 saturated heterocycles. The molecule has 100 valence electrons. The number of carboxylic acids is 1. The van der Waals surface area contributed by atoms with Crippen LogP contribution in [0, 0.1) is 0 Å². The topological polar surface area (TPSA) is 49.8 Å². The number of hydrogen-bond donors (Lipinski definition) is 1. The molecule has 4 heteroatoms. The fourth-order valence-corrected chi connectivity index (χ4v) is 1.74. The number of hydrogen-bond acceptors (Lipinski definition) is 3. The SMILES string of the molecule is COc1cccc(CCCN(C)C(C)C(=O)O)c1. The Bertz CT molecular complexity index is 392. The molecule has 0 heterocycles. The van der Waals surface area contributed by atoms with E-state index in [1.807, 2.05) is 30.1 Å². The first-order valence-corrected chi connectivity index (χ1v) is 6.10. The Balaban J connectivity index is 2.39. The average molecular weight is 251 g/mol. The van der Waals surface area contributed by atoms with Gasteiger partial charge in [-0.25, -0.2) is 0 Å². The number of carbonyl (C=O) groups is 1. The zero-order chi connectivity index (χ0) is 13.5. The monoisotopic (exact) mass is 251 g/mol. The van der Waals surface area contributed by atoms with E-state index in [2.05, 4.69) is 6.07 Å². The van der Waals surface area contributed by atoms with Gasteiger partial charge in [-0.3, -0.25) is 9.69 Å². The number of likely N-dealkylation sites (N-methyl/N-ethyl adjacent to an activating group) is 1. The standard InChI is InChI=1S/C14H21NO3/c1-11(14(16)17)15(2)9-5-7-12-6-4-8-13(10-12)18-3/h4,6,8,10-11H,5,7,9H2,1-3H3,(H,16,17). The van der Waals surface area contributed by atoms with E-state index in [4.69, 9.17) is 9.84 Å². The smallest absolute Gasteiger partial charge is 0.320 e. The molecule has 1 unspecified atom stereocenters. The van der Waals surface area contributed by atoms with Gasteiger partial charge in [0, 0.05) is 0 Å². The summed E-state index contributed by atoms with van der Waals surface area (Å²) in [6, 6.07) is 7.53. The molecule has 0 amide bonds. The van der Waals surface area contributed by atoms with Crippen LogP contribution < -0.4 is 4.74 Å². The summed E-state index contributed by atoms with van der Waals surface area (Å²) >= 11 is 0. The third kappa shape index (κ3) is 4.37. The van der Waals surface area contributed by atoms with Crippen molar-refractivity contribution in [3.05, 3.63) is 29.8 Å². The van der Waals surface area contributed by atoms with Crippen LogP contribution in [0.5, 0.6) is 5.75 Å². The van der Waals surface area contributed by atoms with Crippen LogP contribution in [0.3, 0.4) is 0 Å². The normalized spacial score (nSPS) is 12.4. The van der Waals surface area contributed by atoms with Gasteiger partial charge in [0.25, 0.3) is 0 Å². The lowest BCUT2D eigenvalue weighted by molar-refractivity contribution is -0.142. The second-order valence-electron chi connectivity index (χ2n) is 4.45. The molecule has 0 aliphatic rings.